The summed E-state index contributed by atoms with van der Waals surface area (Å²) in [5, 5.41) is 3.07. The lowest BCUT2D eigenvalue weighted by Crippen LogP contribution is -2.30. The van der Waals surface area contributed by atoms with Crippen LogP contribution in [0.15, 0.2) is 18.5 Å². The van der Waals surface area contributed by atoms with Crippen molar-refractivity contribution in [2.75, 3.05) is 10.0 Å². The standard InChI is InChI=1S/C12H16F3N3O2S.ClH/c13-12(14,15)21(19,20)18-10-6-7-16-8-11(10)17-9-4-2-1-3-5-9;/h6-9,17H,1-5H2,(H,16,18);1H. The largest absolute Gasteiger partial charge is 0.516 e. The second kappa shape index (κ2) is 7.36. The smallest absolute Gasteiger partial charge is 0.379 e. The summed E-state index contributed by atoms with van der Waals surface area (Å²) in [6.07, 6.45) is 7.59. The zero-order chi connectivity index (χ0) is 15.5. The molecule has 0 bridgehead atoms. The number of anilines is 2. The van der Waals surface area contributed by atoms with Crippen molar-refractivity contribution in [2.45, 2.75) is 43.7 Å². The molecule has 1 aliphatic rings. The van der Waals surface area contributed by atoms with Gasteiger partial charge in [0.15, 0.2) is 0 Å². The molecule has 0 saturated heterocycles. The number of pyridine rings is 1. The van der Waals surface area contributed by atoms with Gasteiger partial charge in [-0.3, -0.25) is 9.71 Å². The highest BCUT2D eigenvalue weighted by Crippen LogP contribution is 2.30. The van der Waals surface area contributed by atoms with Crippen molar-refractivity contribution in [1.29, 1.82) is 0 Å². The summed E-state index contributed by atoms with van der Waals surface area (Å²) in [4.78, 5) is 3.82. The molecule has 0 radical (unpaired) electrons. The van der Waals surface area contributed by atoms with E-state index >= 15 is 0 Å². The minimum absolute atomic E-state index is 0. The lowest BCUT2D eigenvalue weighted by Gasteiger charge is -2.25. The van der Waals surface area contributed by atoms with Crippen LogP contribution in [0.1, 0.15) is 32.1 Å². The maximum atomic E-state index is 12.4. The molecule has 2 rings (SSSR count). The Kier molecular flexibility index (Phi) is 6.30. The molecule has 5 nitrogen and oxygen atoms in total. The van der Waals surface area contributed by atoms with Crippen LogP contribution in [0, 0.1) is 0 Å². The summed E-state index contributed by atoms with van der Waals surface area (Å²) in [5.41, 5.74) is -5.23. The number of hydrogen-bond acceptors (Lipinski definition) is 4. The quantitative estimate of drug-likeness (QED) is 0.863. The number of alkyl halides is 3. The highest BCUT2D eigenvalue weighted by atomic mass is 35.5. The Morgan fingerprint density at radius 3 is 2.36 bits per heavy atom. The normalized spacial score (nSPS) is 16.7. The van der Waals surface area contributed by atoms with Crippen LogP contribution < -0.4 is 10.0 Å². The van der Waals surface area contributed by atoms with E-state index in [1.807, 2.05) is 0 Å². The van der Waals surface area contributed by atoms with Crippen molar-refractivity contribution < 1.29 is 21.6 Å². The number of nitrogens with one attached hydrogen (secondary N) is 2. The van der Waals surface area contributed by atoms with Gasteiger partial charge in [0.2, 0.25) is 0 Å². The minimum atomic E-state index is -5.43. The van der Waals surface area contributed by atoms with Gasteiger partial charge in [-0.2, -0.15) is 21.6 Å². The number of halogens is 4. The Labute approximate surface area is 133 Å². The number of hydrogen-bond donors (Lipinski definition) is 2. The van der Waals surface area contributed by atoms with Crippen LogP contribution in [0.4, 0.5) is 24.5 Å². The summed E-state index contributed by atoms with van der Waals surface area (Å²) in [6.45, 7) is 0. The Bertz CT molecular complexity index is 590. The van der Waals surface area contributed by atoms with E-state index < -0.39 is 15.5 Å². The molecule has 0 aromatic carbocycles. The fraction of sp³-hybridized carbons (Fsp3) is 0.583. The number of rotatable bonds is 4. The summed E-state index contributed by atoms with van der Waals surface area (Å²) >= 11 is 0. The Morgan fingerprint density at radius 2 is 1.77 bits per heavy atom. The fourth-order valence-electron chi connectivity index (χ4n) is 2.27. The molecule has 0 atom stereocenters. The molecule has 1 aromatic rings. The first kappa shape index (κ1) is 18.8. The third kappa shape index (κ3) is 4.64. The summed E-state index contributed by atoms with van der Waals surface area (Å²) in [5.74, 6) is 0. The van der Waals surface area contributed by atoms with Crippen LogP contribution in [-0.4, -0.2) is 25.0 Å². The first-order chi connectivity index (χ1) is 9.79. The van der Waals surface area contributed by atoms with E-state index in [-0.39, 0.29) is 29.8 Å². The molecular weight excluding hydrogens is 343 g/mol. The van der Waals surface area contributed by atoms with E-state index in [0.29, 0.717) is 0 Å². The molecule has 22 heavy (non-hydrogen) atoms. The van der Waals surface area contributed by atoms with Crippen LogP contribution in [0.25, 0.3) is 0 Å². The van der Waals surface area contributed by atoms with Gasteiger partial charge in [-0.05, 0) is 18.9 Å². The van der Waals surface area contributed by atoms with Gasteiger partial charge in [-0.1, -0.05) is 19.3 Å². The number of sulfonamides is 1. The van der Waals surface area contributed by atoms with Crippen LogP contribution in [0.3, 0.4) is 0 Å². The summed E-state index contributed by atoms with van der Waals surface area (Å²) < 4.78 is 61.2. The van der Waals surface area contributed by atoms with Crippen LogP contribution >= 0.6 is 12.4 Å². The molecule has 10 heteroatoms. The Balaban J connectivity index is 0.00000242. The van der Waals surface area contributed by atoms with Crippen molar-refractivity contribution in [1.82, 2.24) is 4.98 Å². The van der Waals surface area contributed by atoms with Crippen LogP contribution in [0.5, 0.6) is 0 Å². The van der Waals surface area contributed by atoms with Crippen LogP contribution in [0.2, 0.25) is 0 Å². The minimum Gasteiger partial charge on any atom is -0.379 e. The van der Waals surface area contributed by atoms with E-state index in [9.17, 15) is 21.6 Å². The van der Waals surface area contributed by atoms with E-state index in [1.54, 1.807) is 4.72 Å². The van der Waals surface area contributed by atoms with Gasteiger partial charge in [0.05, 0.1) is 17.6 Å². The first-order valence-corrected chi connectivity index (χ1v) is 8.07. The number of nitrogens with zero attached hydrogens (tertiary/aromatic N) is 1. The first-order valence-electron chi connectivity index (χ1n) is 6.59. The molecular formula is C12H17ClF3N3O2S. The monoisotopic (exact) mass is 359 g/mol. The van der Waals surface area contributed by atoms with Gasteiger partial charge < -0.3 is 5.32 Å². The highest BCUT2D eigenvalue weighted by Gasteiger charge is 2.46. The van der Waals surface area contributed by atoms with E-state index in [0.717, 1.165) is 32.1 Å². The molecule has 126 valence electrons. The van der Waals surface area contributed by atoms with Crippen molar-refractivity contribution in [3.05, 3.63) is 18.5 Å². The van der Waals surface area contributed by atoms with E-state index in [2.05, 4.69) is 10.3 Å². The number of aromatic nitrogens is 1. The topological polar surface area (TPSA) is 71.1 Å². The third-order valence-corrected chi connectivity index (χ3v) is 4.43. The predicted octanol–water partition coefficient (Wildman–Crippen LogP) is 3.51. The van der Waals surface area contributed by atoms with Crippen molar-refractivity contribution in [2.24, 2.45) is 0 Å². The molecule has 1 aromatic heterocycles. The molecule has 0 amide bonds. The third-order valence-electron chi connectivity index (χ3n) is 3.33. The van der Waals surface area contributed by atoms with E-state index in [1.165, 1.54) is 18.5 Å². The summed E-state index contributed by atoms with van der Waals surface area (Å²) in [6, 6.07) is 1.33. The molecule has 1 aliphatic carbocycles. The van der Waals surface area contributed by atoms with Crippen molar-refractivity contribution >= 4 is 33.8 Å². The maximum absolute atomic E-state index is 12.4. The van der Waals surface area contributed by atoms with Crippen molar-refractivity contribution in [3.63, 3.8) is 0 Å². The van der Waals surface area contributed by atoms with E-state index in [4.69, 9.17) is 0 Å². The SMILES string of the molecule is Cl.O=S(=O)(Nc1ccncc1NC1CCCCC1)C(F)(F)F. The van der Waals surface area contributed by atoms with Crippen LogP contribution in [-0.2, 0) is 10.0 Å². The summed E-state index contributed by atoms with van der Waals surface area (Å²) in [7, 11) is -5.43. The molecule has 0 unspecified atom stereocenters. The van der Waals surface area contributed by atoms with Crippen molar-refractivity contribution in [3.8, 4) is 0 Å². The van der Waals surface area contributed by atoms with Gasteiger partial charge in [0, 0.05) is 12.2 Å². The van der Waals surface area contributed by atoms with Gasteiger partial charge in [0.1, 0.15) is 0 Å². The lowest BCUT2D eigenvalue weighted by molar-refractivity contribution is -0.0429. The van der Waals surface area contributed by atoms with Gasteiger partial charge >= 0.3 is 15.5 Å². The maximum Gasteiger partial charge on any atom is 0.516 e. The second-order valence-electron chi connectivity index (χ2n) is 4.95. The second-order valence-corrected chi connectivity index (χ2v) is 6.63. The predicted molar refractivity (Wildman–Crippen MR) is 80.6 cm³/mol. The fourth-order valence-corrected chi connectivity index (χ4v) is 2.85. The van der Waals surface area contributed by atoms with Gasteiger partial charge in [0.25, 0.3) is 0 Å². The molecule has 0 aliphatic heterocycles. The molecule has 0 spiro atoms. The molecule has 1 fully saturated rings. The van der Waals surface area contributed by atoms with Gasteiger partial charge in [-0.15, -0.1) is 12.4 Å². The van der Waals surface area contributed by atoms with Gasteiger partial charge in [-0.25, -0.2) is 0 Å². The lowest BCUT2D eigenvalue weighted by atomic mass is 9.95. The Morgan fingerprint density at radius 1 is 1.14 bits per heavy atom. The zero-order valence-corrected chi connectivity index (χ0v) is 13.2. The molecule has 1 heterocycles. The molecule has 2 N–H and O–H groups in total. The zero-order valence-electron chi connectivity index (χ0n) is 11.6. The average molecular weight is 360 g/mol. The Hall–Kier alpha value is -1.22. The molecule has 1 saturated carbocycles. The average Bonchev–Trinajstić information content (AvgIpc) is 2.40. The highest BCUT2D eigenvalue weighted by molar-refractivity contribution is 7.93.